The molecule has 1 aromatic rings. The Balaban J connectivity index is 2.28. The zero-order valence-corrected chi connectivity index (χ0v) is 7.42. The van der Waals surface area contributed by atoms with Crippen molar-refractivity contribution in [3.05, 3.63) is 11.7 Å². The van der Waals surface area contributed by atoms with E-state index >= 15 is 0 Å². The molecular formula is C8H13N3O. The summed E-state index contributed by atoms with van der Waals surface area (Å²) in [6.07, 6.45) is 2.26. The highest BCUT2D eigenvalue weighted by atomic mass is 16.5. The Morgan fingerprint density at radius 1 is 1.58 bits per heavy atom. The minimum Gasteiger partial charge on any atom is -0.337 e. The lowest BCUT2D eigenvalue weighted by Gasteiger charge is -2.18. The number of hydrogen-bond acceptors (Lipinski definition) is 4. The Bertz CT molecular complexity index is 276. The molecule has 0 bridgehead atoms. The molecule has 4 nitrogen and oxygen atoms in total. The van der Waals surface area contributed by atoms with E-state index in [1.807, 2.05) is 6.92 Å². The minimum absolute atomic E-state index is 0.0821. The summed E-state index contributed by atoms with van der Waals surface area (Å²) in [6.45, 7) is 4.98. The first kappa shape index (κ1) is 7.73. The van der Waals surface area contributed by atoms with Gasteiger partial charge in [-0.25, -0.2) is 0 Å². The number of aryl methyl sites for hydroxylation is 1. The third kappa shape index (κ3) is 1.12. The molecule has 0 aliphatic carbocycles. The van der Waals surface area contributed by atoms with E-state index in [1.165, 1.54) is 6.42 Å². The Hall–Kier alpha value is -0.900. The maximum Gasteiger partial charge on any atom is 0.246 e. The quantitative estimate of drug-likeness (QED) is 0.677. The predicted molar refractivity (Wildman–Crippen MR) is 43.6 cm³/mol. The first-order chi connectivity index (χ1) is 5.71. The fourth-order valence-electron chi connectivity index (χ4n) is 1.60. The second kappa shape index (κ2) is 2.55. The molecule has 0 spiro atoms. The first-order valence-corrected chi connectivity index (χ1v) is 4.26. The summed E-state index contributed by atoms with van der Waals surface area (Å²) in [5.41, 5.74) is -0.0821. The summed E-state index contributed by atoms with van der Waals surface area (Å²) in [5.74, 6) is 1.43. The third-order valence-corrected chi connectivity index (χ3v) is 2.37. The van der Waals surface area contributed by atoms with Gasteiger partial charge in [0.25, 0.3) is 0 Å². The van der Waals surface area contributed by atoms with Crippen molar-refractivity contribution >= 4 is 0 Å². The van der Waals surface area contributed by atoms with Crippen LogP contribution in [0.2, 0.25) is 0 Å². The van der Waals surface area contributed by atoms with Gasteiger partial charge in [-0.1, -0.05) is 5.16 Å². The molecule has 1 aliphatic heterocycles. The van der Waals surface area contributed by atoms with Crippen molar-refractivity contribution in [2.75, 3.05) is 6.54 Å². The number of rotatable bonds is 1. The minimum atomic E-state index is -0.0821. The molecule has 0 saturated carbocycles. The van der Waals surface area contributed by atoms with Crippen molar-refractivity contribution in [1.82, 2.24) is 15.5 Å². The smallest absolute Gasteiger partial charge is 0.246 e. The largest absolute Gasteiger partial charge is 0.337 e. The van der Waals surface area contributed by atoms with Crippen LogP contribution in [0.1, 0.15) is 31.5 Å². The molecule has 0 radical (unpaired) electrons. The van der Waals surface area contributed by atoms with Gasteiger partial charge in [0.15, 0.2) is 5.82 Å². The molecule has 4 heteroatoms. The van der Waals surface area contributed by atoms with Gasteiger partial charge in [-0.2, -0.15) is 4.98 Å². The highest BCUT2D eigenvalue weighted by molar-refractivity contribution is 5.03. The van der Waals surface area contributed by atoms with Crippen molar-refractivity contribution in [2.24, 2.45) is 0 Å². The highest BCUT2D eigenvalue weighted by Crippen LogP contribution is 2.28. The van der Waals surface area contributed by atoms with Gasteiger partial charge >= 0.3 is 0 Å². The lowest BCUT2D eigenvalue weighted by atomic mass is 10.0. The maximum absolute atomic E-state index is 5.13. The predicted octanol–water partition coefficient (Wildman–Crippen LogP) is 0.977. The van der Waals surface area contributed by atoms with Crippen LogP contribution >= 0.6 is 0 Å². The van der Waals surface area contributed by atoms with E-state index in [9.17, 15) is 0 Å². The number of nitrogens with zero attached hydrogens (tertiary/aromatic N) is 2. The number of nitrogens with one attached hydrogen (secondary N) is 1. The van der Waals surface area contributed by atoms with Crippen LogP contribution < -0.4 is 5.32 Å². The number of hydrogen-bond donors (Lipinski definition) is 1. The van der Waals surface area contributed by atoms with Gasteiger partial charge in [0.2, 0.25) is 5.89 Å². The third-order valence-electron chi connectivity index (χ3n) is 2.37. The summed E-state index contributed by atoms with van der Waals surface area (Å²) in [5, 5.41) is 7.15. The Kier molecular flexibility index (Phi) is 1.65. The molecule has 0 aromatic carbocycles. The summed E-state index contributed by atoms with van der Waals surface area (Å²) < 4.78 is 5.13. The molecule has 66 valence electrons. The lowest BCUT2D eigenvalue weighted by molar-refractivity contribution is 0.274. The van der Waals surface area contributed by atoms with Gasteiger partial charge in [-0.05, 0) is 33.2 Å². The van der Waals surface area contributed by atoms with Gasteiger partial charge in [-0.15, -0.1) is 0 Å². The van der Waals surface area contributed by atoms with E-state index in [2.05, 4.69) is 22.4 Å². The second-order valence-electron chi connectivity index (χ2n) is 3.51. The monoisotopic (exact) mass is 167 g/mol. The molecule has 2 heterocycles. The lowest BCUT2D eigenvalue weighted by Crippen LogP contribution is -2.33. The molecule has 0 amide bonds. The molecule has 1 saturated heterocycles. The zero-order valence-electron chi connectivity index (χ0n) is 7.42. The first-order valence-electron chi connectivity index (χ1n) is 4.26. The average molecular weight is 167 g/mol. The van der Waals surface area contributed by atoms with Crippen molar-refractivity contribution in [3.8, 4) is 0 Å². The van der Waals surface area contributed by atoms with E-state index in [4.69, 9.17) is 4.52 Å². The van der Waals surface area contributed by atoms with Crippen LogP contribution in [-0.4, -0.2) is 16.7 Å². The van der Waals surface area contributed by atoms with Crippen LogP contribution in [0, 0.1) is 6.92 Å². The molecule has 1 aliphatic rings. The second-order valence-corrected chi connectivity index (χ2v) is 3.51. The van der Waals surface area contributed by atoms with Gasteiger partial charge in [0.05, 0.1) is 5.54 Å². The van der Waals surface area contributed by atoms with Gasteiger partial charge in [0, 0.05) is 0 Å². The van der Waals surface area contributed by atoms with Crippen LogP contribution in [-0.2, 0) is 5.54 Å². The molecule has 2 rings (SSSR count). The van der Waals surface area contributed by atoms with Crippen molar-refractivity contribution < 1.29 is 4.52 Å². The summed E-state index contributed by atoms with van der Waals surface area (Å²) in [4.78, 5) is 4.22. The number of aromatic nitrogens is 2. The highest BCUT2D eigenvalue weighted by Gasteiger charge is 2.35. The van der Waals surface area contributed by atoms with Crippen LogP contribution in [0.5, 0.6) is 0 Å². The summed E-state index contributed by atoms with van der Waals surface area (Å²) in [7, 11) is 0. The van der Waals surface area contributed by atoms with E-state index in [1.54, 1.807) is 0 Å². The van der Waals surface area contributed by atoms with Crippen LogP contribution in [0.15, 0.2) is 4.52 Å². The fraction of sp³-hybridized carbons (Fsp3) is 0.750. The molecule has 1 N–H and O–H groups in total. The van der Waals surface area contributed by atoms with E-state index in [-0.39, 0.29) is 5.54 Å². The zero-order chi connectivity index (χ0) is 8.60. The van der Waals surface area contributed by atoms with Crippen molar-refractivity contribution in [3.63, 3.8) is 0 Å². The maximum atomic E-state index is 5.13. The van der Waals surface area contributed by atoms with E-state index < -0.39 is 0 Å². The van der Waals surface area contributed by atoms with Crippen LogP contribution in [0.25, 0.3) is 0 Å². The molecule has 12 heavy (non-hydrogen) atoms. The molecule has 1 atom stereocenters. The standard InChI is InChI=1S/C8H13N3O/c1-6-10-7(12-11-6)8(2)4-3-5-9-8/h9H,3-5H2,1-2H3/t8-/m1/s1. The van der Waals surface area contributed by atoms with Gasteiger partial charge in [-0.3, -0.25) is 0 Å². The normalized spacial score (nSPS) is 29.5. The molecule has 0 unspecified atom stereocenters. The van der Waals surface area contributed by atoms with Crippen molar-refractivity contribution in [2.45, 2.75) is 32.2 Å². The molecular weight excluding hydrogens is 154 g/mol. The van der Waals surface area contributed by atoms with Crippen molar-refractivity contribution in [1.29, 1.82) is 0 Å². The topological polar surface area (TPSA) is 51.0 Å². The van der Waals surface area contributed by atoms with Gasteiger partial charge in [0.1, 0.15) is 0 Å². The van der Waals surface area contributed by atoms with E-state index in [0.29, 0.717) is 5.82 Å². The molecule has 1 aromatic heterocycles. The van der Waals surface area contributed by atoms with E-state index in [0.717, 1.165) is 18.9 Å². The SMILES string of the molecule is Cc1noc([C@@]2(C)CCCN2)n1. The Labute approximate surface area is 71.4 Å². The Morgan fingerprint density at radius 2 is 2.42 bits per heavy atom. The van der Waals surface area contributed by atoms with Crippen LogP contribution in [0.4, 0.5) is 0 Å². The van der Waals surface area contributed by atoms with Gasteiger partial charge < -0.3 is 9.84 Å². The van der Waals surface area contributed by atoms with Crippen LogP contribution in [0.3, 0.4) is 0 Å². The fourth-order valence-corrected chi connectivity index (χ4v) is 1.60. The summed E-state index contributed by atoms with van der Waals surface area (Å²) in [6, 6.07) is 0. The Morgan fingerprint density at radius 3 is 2.92 bits per heavy atom. The molecule has 1 fully saturated rings. The average Bonchev–Trinajstić information content (AvgIpc) is 2.59. The summed E-state index contributed by atoms with van der Waals surface area (Å²) >= 11 is 0.